The number of phosphoric ester groups is 1. The first-order valence-electron chi connectivity index (χ1n) is 8.22. The molecular weight excluding hydrogens is 428 g/mol. The Morgan fingerprint density at radius 2 is 1.90 bits per heavy atom. The van der Waals surface area contributed by atoms with Crippen molar-refractivity contribution in [3.8, 4) is 51.3 Å². The van der Waals surface area contributed by atoms with E-state index in [1.807, 2.05) is 0 Å². The molecule has 1 aliphatic heterocycles. The summed E-state index contributed by atoms with van der Waals surface area (Å²) in [4.78, 5) is 18.6. The summed E-state index contributed by atoms with van der Waals surface area (Å²) in [5.74, 6) is 1.67. The van der Waals surface area contributed by atoms with E-state index >= 15 is 0 Å². The van der Waals surface area contributed by atoms with Crippen LogP contribution in [-0.4, -0.2) is 75.8 Å². The Hall–Kier alpha value is -2.27. The van der Waals surface area contributed by atoms with Crippen LogP contribution in [0, 0.1) is 0 Å². The molecule has 11 nitrogen and oxygen atoms in total. The Kier molecular flexibility index (Phi) is 6.61. The van der Waals surface area contributed by atoms with Crippen LogP contribution in [0.4, 0.5) is 0 Å². The van der Waals surface area contributed by atoms with Crippen molar-refractivity contribution >= 4 is 37.4 Å². The fraction of sp³-hybridized carbons (Fsp3) is 0.176. The van der Waals surface area contributed by atoms with Crippen molar-refractivity contribution in [1.82, 2.24) is 15.4 Å². The van der Waals surface area contributed by atoms with E-state index in [4.69, 9.17) is 23.5 Å². The number of methoxy groups -OCH3 is 2. The minimum absolute atomic E-state index is 0. The Morgan fingerprint density at radius 3 is 2.60 bits per heavy atom. The van der Waals surface area contributed by atoms with Gasteiger partial charge in [0, 0.05) is 17.2 Å². The molecule has 0 fully saturated rings. The molecule has 0 aliphatic carbocycles. The third-order valence-corrected chi connectivity index (χ3v) is 4.59. The SMILES string of the molecule is COc1ccc(-c2[nH]nnc2-c2cc(OC)c3c(c2)OCO3)c(OP(=O)(O)O)c1.[NaH]. The van der Waals surface area contributed by atoms with Crippen molar-refractivity contribution in [2.75, 3.05) is 21.0 Å². The maximum absolute atomic E-state index is 11.4. The molecule has 3 aromatic rings. The fourth-order valence-corrected chi connectivity index (χ4v) is 3.33. The number of nitrogens with zero attached hydrogens (tertiary/aromatic N) is 2. The fourth-order valence-electron chi connectivity index (χ4n) is 2.92. The van der Waals surface area contributed by atoms with Crippen LogP contribution in [0.1, 0.15) is 0 Å². The summed E-state index contributed by atoms with van der Waals surface area (Å²) in [6.07, 6.45) is 0. The van der Waals surface area contributed by atoms with E-state index in [-0.39, 0.29) is 42.1 Å². The van der Waals surface area contributed by atoms with Gasteiger partial charge in [0.15, 0.2) is 11.5 Å². The third-order valence-electron chi connectivity index (χ3n) is 4.16. The summed E-state index contributed by atoms with van der Waals surface area (Å²) in [5, 5.41) is 10.7. The summed E-state index contributed by atoms with van der Waals surface area (Å²) in [6, 6.07) is 7.96. The average Bonchev–Trinajstić information content (AvgIpc) is 3.35. The van der Waals surface area contributed by atoms with Gasteiger partial charge in [-0.1, -0.05) is 5.21 Å². The van der Waals surface area contributed by atoms with Gasteiger partial charge in [-0.05, 0) is 24.3 Å². The number of aromatic amines is 1. The first-order chi connectivity index (χ1) is 13.9. The predicted molar refractivity (Wildman–Crippen MR) is 106 cm³/mol. The second kappa shape index (κ2) is 8.84. The second-order valence-corrected chi connectivity index (χ2v) is 7.06. The Morgan fingerprint density at radius 1 is 1.10 bits per heavy atom. The molecule has 4 rings (SSSR count). The van der Waals surface area contributed by atoms with Crippen LogP contribution in [-0.2, 0) is 4.57 Å². The molecule has 3 N–H and O–H groups in total. The summed E-state index contributed by atoms with van der Waals surface area (Å²) >= 11 is 0. The molecule has 0 bridgehead atoms. The zero-order chi connectivity index (χ0) is 20.6. The van der Waals surface area contributed by atoms with Gasteiger partial charge >= 0.3 is 37.4 Å². The van der Waals surface area contributed by atoms with Crippen molar-refractivity contribution in [2.24, 2.45) is 0 Å². The topological polar surface area (TPSA) is 145 Å². The Bertz CT molecular complexity index is 1120. The van der Waals surface area contributed by atoms with Crippen molar-refractivity contribution in [2.45, 2.75) is 0 Å². The molecule has 0 radical (unpaired) electrons. The van der Waals surface area contributed by atoms with Gasteiger partial charge in [0.05, 0.1) is 19.9 Å². The number of aromatic nitrogens is 3. The van der Waals surface area contributed by atoms with E-state index in [9.17, 15) is 14.4 Å². The number of H-pyrrole nitrogens is 1. The normalized spacial score (nSPS) is 12.3. The number of fused-ring (bicyclic) bond motifs is 1. The van der Waals surface area contributed by atoms with Gasteiger partial charge in [-0.2, -0.15) is 0 Å². The van der Waals surface area contributed by atoms with E-state index in [2.05, 4.69) is 15.4 Å². The summed E-state index contributed by atoms with van der Waals surface area (Å²) < 4.78 is 37.6. The number of ether oxygens (including phenoxy) is 4. The predicted octanol–water partition coefficient (Wildman–Crippen LogP) is 1.71. The number of hydrogen-bond donors (Lipinski definition) is 3. The van der Waals surface area contributed by atoms with E-state index < -0.39 is 7.82 Å². The van der Waals surface area contributed by atoms with Gasteiger partial charge in [0.2, 0.25) is 12.5 Å². The van der Waals surface area contributed by atoms with Crippen LogP contribution < -0.4 is 23.5 Å². The standard InChI is InChI=1S/C17H16N3O8P.Na.H/c1-24-10-3-4-11(12(7-10)28-29(21,22)23)16-15(18-20-19-16)9-5-13(25-2)17-14(6-9)26-8-27-17;;/h3-7H,8H2,1-2H3,(H,18,19,20)(H2,21,22,23);;. The molecule has 0 spiro atoms. The van der Waals surface area contributed by atoms with Crippen LogP contribution in [0.5, 0.6) is 28.7 Å². The summed E-state index contributed by atoms with van der Waals surface area (Å²) in [5.41, 5.74) is 1.68. The molecule has 2 aromatic carbocycles. The monoisotopic (exact) mass is 445 g/mol. The molecule has 154 valence electrons. The van der Waals surface area contributed by atoms with Crippen molar-refractivity contribution in [3.63, 3.8) is 0 Å². The van der Waals surface area contributed by atoms with Crippen molar-refractivity contribution < 1.29 is 37.8 Å². The molecule has 1 aliphatic rings. The summed E-state index contributed by atoms with van der Waals surface area (Å²) in [6.45, 7) is 0.0690. The third kappa shape index (κ3) is 4.41. The van der Waals surface area contributed by atoms with Crippen LogP contribution >= 0.6 is 7.82 Å². The molecule has 0 saturated heterocycles. The van der Waals surface area contributed by atoms with Gasteiger partial charge in [0.25, 0.3) is 0 Å². The Balaban J connectivity index is 0.00000256. The second-order valence-electron chi connectivity index (χ2n) is 5.89. The van der Waals surface area contributed by atoms with Crippen molar-refractivity contribution in [3.05, 3.63) is 30.3 Å². The molecular formula is C17H17N3NaO8P. The van der Waals surface area contributed by atoms with E-state index in [0.29, 0.717) is 45.5 Å². The minimum atomic E-state index is -4.82. The number of nitrogens with one attached hydrogen (secondary N) is 1. The van der Waals surface area contributed by atoms with E-state index in [0.717, 1.165) is 0 Å². The van der Waals surface area contributed by atoms with Gasteiger partial charge in [0.1, 0.15) is 17.2 Å². The molecule has 2 heterocycles. The van der Waals surface area contributed by atoms with Crippen LogP contribution in [0.3, 0.4) is 0 Å². The number of benzene rings is 2. The first kappa shape index (κ1) is 22.4. The molecule has 0 saturated carbocycles. The van der Waals surface area contributed by atoms with Gasteiger partial charge < -0.3 is 23.5 Å². The van der Waals surface area contributed by atoms with E-state index in [1.165, 1.54) is 20.3 Å². The maximum atomic E-state index is 11.4. The molecule has 0 unspecified atom stereocenters. The zero-order valence-electron chi connectivity index (χ0n) is 15.3. The van der Waals surface area contributed by atoms with Gasteiger partial charge in [-0.3, -0.25) is 14.9 Å². The molecule has 1 aromatic heterocycles. The summed E-state index contributed by atoms with van der Waals surface area (Å²) in [7, 11) is -1.90. The first-order valence-corrected chi connectivity index (χ1v) is 9.75. The zero-order valence-corrected chi connectivity index (χ0v) is 16.2. The Labute approximate surface area is 192 Å². The number of hydrogen-bond acceptors (Lipinski definition) is 8. The molecule has 0 amide bonds. The van der Waals surface area contributed by atoms with E-state index in [1.54, 1.807) is 24.3 Å². The molecule has 13 heteroatoms. The number of rotatable bonds is 6. The van der Waals surface area contributed by atoms with Gasteiger partial charge in [-0.15, -0.1) is 5.10 Å². The molecule has 0 atom stereocenters. The van der Waals surface area contributed by atoms with Gasteiger partial charge in [-0.25, -0.2) is 4.57 Å². The quantitative estimate of drug-likeness (QED) is 0.379. The van der Waals surface area contributed by atoms with Crippen LogP contribution in [0.25, 0.3) is 22.5 Å². The van der Waals surface area contributed by atoms with Crippen LogP contribution in [0.15, 0.2) is 30.3 Å². The average molecular weight is 445 g/mol. The van der Waals surface area contributed by atoms with Crippen LogP contribution in [0.2, 0.25) is 0 Å². The molecule has 30 heavy (non-hydrogen) atoms. The number of phosphoric acid groups is 1. The van der Waals surface area contributed by atoms with Crippen molar-refractivity contribution in [1.29, 1.82) is 0 Å².